The number of nitrogens with zero attached hydrogens (tertiary/aromatic N) is 5. The molecule has 6 nitrogen and oxygen atoms in total. The molecule has 3 rings (SSSR count). The molecule has 0 N–H and O–H groups in total. The number of aryl methyl sites for hydroxylation is 1. The number of amides is 1. The Kier molecular flexibility index (Phi) is 4.18. The number of fused-ring (bicyclic) bond motifs is 1. The molecule has 3 heterocycles. The molecule has 2 aromatic rings. The van der Waals surface area contributed by atoms with Crippen LogP contribution >= 0.6 is 11.3 Å². The van der Waals surface area contributed by atoms with Crippen LogP contribution in [0.5, 0.6) is 0 Å². The van der Waals surface area contributed by atoms with E-state index in [1.165, 1.54) is 11.3 Å². The third kappa shape index (κ3) is 2.52. The molecule has 120 valence electrons. The van der Waals surface area contributed by atoms with E-state index in [1.54, 1.807) is 0 Å². The van der Waals surface area contributed by atoms with Gasteiger partial charge in [-0.15, -0.1) is 10.2 Å². The van der Waals surface area contributed by atoms with Crippen molar-refractivity contribution in [3.63, 3.8) is 0 Å². The highest BCUT2D eigenvalue weighted by atomic mass is 32.1. The van der Waals surface area contributed by atoms with E-state index >= 15 is 0 Å². The summed E-state index contributed by atoms with van der Waals surface area (Å²) in [7, 11) is 0. The van der Waals surface area contributed by atoms with Gasteiger partial charge in [-0.3, -0.25) is 9.20 Å². The minimum absolute atomic E-state index is 0.137. The lowest BCUT2D eigenvalue weighted by atomic mass is 10.2. The van der Waals surface area contributed by atoms with Gasteiger partial charge in [0, 0.05) is 37.8 Å². The van der Waals surface area contributed by atoms with Crippen molar-refractivity contribution in [3.8, 4) is 0 Å². The predicted molar refractivity (Wildman–Crippen MR) is 87.7 cm³/mol. The SMILES string of the molecule is CCN1CCN(C(=O)c2sc3nnc(C(C)C)n3c2C)CC1. The maximum atomic E-state index is 12.8. The zero-order valence-electron chi connectivity index (χ0n) is 13.7. The summed E-state index contributed by atoms with van der Waals surface area (Å²) in [6, 6.07) is 0. The molecule has 1 fully saturated rings. The maximum absolute atomic E-state index is 12.8. The lowest BCUT2D eigenvalue weighted by Gasteiger charge is -2.33. The van der Waals surface area contributed by atoms with E-state index in [0.717, 1.165) is 54.1 Å². The van der Waals surface area contributed by atoms with Crippen LogP contribution in [0.1, 0.15) is 47.9 Å². The molecule has 0 bridgehead atoms. The van der Waals surface area contributed by atoms with E-state index in [4.69, 9.17) is 0 Å². The second kappa shape index (κ2) is 5.96. The summed E-state index contributed by atoms with van der Waals surface area (Å²) in [6.45, 7) is 12.9. The third-order valence-electron chi connectivity index (χ3n) is 4.33. The number of hydrogen-bond donors (Lipinski definition) is 0. The maximum Gasteiger partial charge on any atom is 0.265 e. The smallest absolute Gasteiger partial charge is 0.265 e. The average molecular weight is 321 g/mol. The zero-order chi connectivity index (χ0) is 15.9. The molecule has 7 heteroatoms. The molecule has 0 saturated carbocycles. The largest absolute Gasteiger partial charge is 0.335 e. The van der Waals surface area contributed by atoms with Crippen LogP contribution in [0.3, 0.4) is 0 Å². The Balaban J connectivity index is 1.87. The lowest BCUT2D eigenvalue weighted by molar-refractivity contribution is 0.0647. The zero-order valence-corrected chi connectivity index (χ0v) is 14.5. The number of rotatable bonds is 3. The van der Waals surface area contributed by atoms with Crippen LogP contribution < -0.4 is 0 Å². The summed E-state index contributed by atoms with van der Waals surface area (Å²) in [6.07, 6.45) is 0. The van der Waals surface area contributed by atoms with Crippen molar-refractivity contribution < 1.29 is 4.79 Å². The van der Waals surface area contributed by atoms with Crippen LogP contribution in [0.15, 0.2) is 0 Å². The molecule has 1 aliphatic heterocycles. The first-order valence-electron chi connectivity index (χ1n) is 7.89. The first-order chi connectivity index (χ1) is 10.5. The van der Waals surface area contributed by atoms with Gasteiger partial charge in [0.15, 0.2) is 0 Å². The Morgan fingerprint density at radius 1 is 1.23 bits per heavy atom. The van der Waals surface area contributed by atoms with Gasteiger partial charge in [-0.1, -0.05) is 32.1 Å². The molecule has 0 aromatic carbocycles. The van der Waals surface area contributed by atoms with E-state index in [-0.39, 0.29) is 5.91 Å². The fraction of sp³-hybridized carbons (Fsp3) is 0.667. The molecule has 0 unspecified atom stereocenters. The Bertz CT molecular complexity index is 681. The average Bonchev–Trinajstić information content (AvgIpc) is 3.07. The van der Waals surface area contributed by atoms with Gasteiger partial charge < -0.3 is 9.80 Å². The van der Waals surface area contributed by atoms with Gasteiger partial charge in [0.05, 0.1) is 0 Å². The standard InChI is InChI=1S/C15H23N5OS/c1-5-18-6-8-19(9-7-18)14(21)12-11(4)20-13(10(2)3)16-17-15(20)22-12/h10H,5-9H2,1-4H3. The van der Waals surface area contributed by atoms with Crippen molar-refractivity contribution in [2.75, 3.05) is 32.7 Å². The highest BCUT2D eigenvalue weighted by molar-refractivity contribution is 7.19. The molecule has 0 radical (unpaired) electrons. The van der Waals surface area contributed by atoms with Crippen molar-refractivity contribution in [1.29, 1.82) is 0 Å². The second-order valence-electron chi connectivity index (χ2n) is 6.07. The highest BCUT2D eigenvalue weighted by Crippen LogP contribution is 2.27. The molecular formula is C15H23N5OS. The fourth-order valence-electron chi connectivity index (χ4n) is 2.91. The number of carbonyl (C=O) groups is 1. The Morgan fingerprint density at radius 2 is 1.91 bits per heavy atom. The molecule has 1 aliphatic rings. The van der Waals surface area contributed by atoms with Gasteiger partial charge in [0.1, 0.15) is 10.7 Å². The van der Waals surface area contributed by atoms with Crippen molar-refractivity contribution >= 4 is 22.2 Å². The summed E-state index contributed by atoms with van der Waals surface area (Å²) in [4.78, 5) is 18.8. The molecule has 1 saturated heterocycles. The highest BCUT2D eigenvalue weighted by Gasteiger charge is 2.26. The fourth-order valence-corrected chi connectivity index (χ4v) is 3.95. The summed E-state index contributed by atoms with van der Waals surface area (Å²) in [5.41, 5.74) is 0.969. The van der Waals surface area contributed by atoms with Crippen molar-refractivity contribution in [2.45, 2.75) is 33.6 Å². The number of piperazine rings is 1. The van der Waals surface area contributed by atoms with E-state index in [9.17, 15) is 4.79 Å². The van der Waals surface area contributed by atoms with E-state index < -0.39 is 0 Å². The summed E-state index contributed by atoms with van der Waals surface area (Å²) in [5.74, 6) is 1.36. The van der Waals surface area contributed by atoms with Gasteiger partial charge in [-0.2, -0.15) is 0 Å². The van der Waals surface area contributed by atoms with Crippen LogP contribution in [0, 0.1) is 6.92 Å². The molecule has 0 aliphatic carbocycles. The minimum Gasteiger partial charge on any atom is -0.335 e. The number of aromatic nitrogens is 3. The topological polar surface area (TPSA) is 53.7 Å². The van der Waals surface area contributed by atoms with E-state index in [0.29, 0.717) is 5.92 Å². The monoisotopic (exact) mass is 321 g/mol. The minimum atomic E-state index is 0.137. The van der Waals surface area contributed by atoms with Crippen molar-refractivity contribution in [2.24, 2.45) is 0 Å². The number of carbonyl (C=O) groups excluding carboxylic acids is 1. The van der Waals surface area contributed by atoms with E-state index in [1.807, 2.05) is 16.2 Å². The number of hydrogen-bond acceptors (Lipinski definition) is 5. The van der Waals surface area contributed by atoms with Crippen LogP contribution in [0.4, 0.5) is 0 Å². The lowest BCUT2D eigenvalue weighted by Crippen LogP contribution is -2.48. The Hall–Kier alpha value is -1.47. The molecule has 0 spiro atoms. The molecular weight excluding hydrogens is 298 g/mol. The summed E-state index contributed by atoms with van der Waals surface area (Å²) >= 11 is 1.45. The Labute approximate surface area is 134 Å². The summed E-state index contributed by atoms with van der Waals surface area (Å²) in [5, 5.41) is 8.47. The number of thiazole rings is 1. The molecule has 22 heavy (non-hydrogen) atoms. The second-order valence-corrected chi connectivity index (χ2v) is 7.05. The van der Waals surface area contributed by atoms with Gasteiger partial charge in [-0.25, -0.2) is 0 Å². The molecule has 0 atom stereocenters. The van der Waals surface area contributed by atoms with Crippen LogP contribution in [-0.4, -0.2) is 63.0 Å². The number of likely N-dealkylation sites (N-methyl/N-ethyl adjacent to an activating group) is 1. The summed E-state index contributed by atoms with van der Waals surface area (Å²) < 4.78 is 2.03. The first kappa shape index (κ1) is 15.4. The normalized spacial score (nSPS) is 16.9. The van der Waals surface area contributed by atoms with Gasteiger partial charge in [0.25, 0.3) is 5.91 Å². The van der Waals surface area contributed by atoms with Crippen LogP contribution in [0.25, 0.3) is 4.96 Å². The Morgan fingerprint density at radius 3 is 2.50 bits per heavy atom. The van der Waals surface area contributed by atoms with Gasteiger partial charge in [0.2, 0.25) is 4.96 Å². The quantitative estimate of drug-likeness (QED) is 0.868. The van der Waals surface area contributed by atoms with Crippen molar-refractivity contribution in [3.05, 3.63) is 16.4 Å². The van der Waals surface area contributed by atoms with Crippen LogP contribution in [-0.2, 0) is 0 Å². The first-order valence-corrected chi connectivity index (χ1v) is 8.70. The van der Waals surface area contributed by atoms with Crippen molar-refractivity contribution in [1.82, 2.24) is 24.4 Å². The van der Waals surface area contributed by atoms with Crippen LogP contribution in [0.2, 0.25) is 0 Å². The van der Waals surface area contributed by atoms with Gasteiger partial charge >= 0.3 is 0 Å². The van der Waals surface area contributed by atoms with Gasteiger partial charge in [-0.05, 0) is 13.5 Å². The third-order valence-corrected chi connectivity index (χ3v) is 5.45. The molecule has 1 amide bonds. The molecule has 2 aromatic heterocycles. The predicted octanol–water partition coefficient (Wildman–Crippen LogP) is 2.00. The van der Waals surface area contributed by atoms with E-state index in [2.05, 4.69) is 35.9 Å².